The molecule has 0 bridgehead atoms. The van der Waals surface area contributed by atoms with E-state index in [4.69, 9.17) is 16.3 Å². The van der Waals surface area contributed by atoms with Crippen LogP contribution in [0.3, 0.4) is 0 Å². The van der Waals surface area contributed by atoms with E-state index in [2.05, 4.69) is 6.58 Å². The first kappa shape index (κ1) is 12.8. The van der Waals surface area contributed by atoms with Gasteiger partial charge in [-0.05, 0) is 30.5 Å². The van der Waals surface area contributed by atoms with Gasteiger partial charge < -0.3 is 4.74 Å². The van der Waals surface area contributed by atoms with Crippen molar-refractivity contribution in [1.29, 1.82) is 0 Å². The molecule has 0 aliphatic heterocycles. The molecule has 0 saturated heterocycles. The third kappa shape index (κ3) is 4.07. The van der Waals surface area contributed by atoms with Gasteiger partial charge in [0.1, 0.15) is 0 Å². The molecule has 0 aromatic heterocycles. The van der Waals surface area contributed by atoms with Crippen LogP contribution in [0.1, 0.15) is 28.8 Å². The van der Waals surface area contributed by atoms with Crippen LogP contribution >= 0.6 is 11.6 Å². The molecule has 0 heterocycles. The van der Waals surface area contributed by atoms with Gasteiger partial charge in [-0.25, -0.2) is 4.79 Å². The Morgan fingerprint density at radius 2 is 2.06 bits per heavy atom. The Bertz CT molecular complexity index is 343. The maximum Gasteiger partial charge on any atom is 0.338 e. The van der Waals surface area contributed by atoms with E-state index >= 15 is 0 Å². The molecule has 3 heteroatoms. The Kier molecular flexibility index (Phi) is 5.65. The van der Waals surface area contributed by atoms with Gasteiger partial charge >= 0.3 is 5.97 Å². The van der Waals surface area contributed by atoms with Gasteiger partial charge in [0.25, 0.3) is 0 Å². The van der Waals surface area contributed by atoms with E-state index < -0.39 is 0 Å². The van der Waals surface area contributed by atoms with E-state index in [9.17, 15) is 4.79 Å². The molecule has 1 aromatic carbocycles. The molecule has 0 N–H and O–H groups in total. The second-order valence-corrected chi connectivity index (χ2v) is 3.66. The summed E-state index contributed by atoms with van der Waals surface area (Å²) in [5, 5.41) is 0. The lowest BCUT2D eigenvalue weighted by Gasteiger charge is -2.04. The van der Waals surface area contributed by atoms with Crippen molar-refractivity contribution in [3.05, 3.63) is 48.0 Å². The van der Waals surface area contributed by atoms with Gasteiger partial charge in [0.2, 0.25) is 0 Å². The fourth-order valence-electron chi connectivity index (χ4n) is 1.21. The molecule has 1 rings (SSSR count). The highest BCUT2D eigenvalue weighted by atomic mass is 35.5. The van der Waals surface area contributed by atoms with Gasteiger partial charge in [-0.15, -0.1) is 18.2 Å². The lowest BCUT2D eigenvalue weighted by Crippen LogP contribution is -2.06. The van der Waals surface area contributed by atoms with Gasteiger partial charge in [0.15, 0.2) is 0 Å². The molecule has 1 aromatic rings. The fraction of sp³-hybridized carbons (Fsp3) is 0.308. The Morgan fingerprint density at radius 1 is 1.38 bits per heavy atom. The van der Waals surface area contributed by atoms with E-state index in [1.165, 1.54) is 0 Å². The van der Waals surface area contributed by atoms with Crippen molar-refractivity contribution in [2.75, 3.05) is 6.61 Å². The first-order valence-corrected chi connectivity index (χ1v) is 5.74. The summed E-state index contributed by atoms with van der Waals surface area (Å²) < 4.78 is 5.08. The highest BCUT2D eigenvalue weighted by molar-refractivity contribution is 6.17. The average molecular weight is 239 g/mol. The molecule has 0 fully saturated rings. The summed E-state index contributed by atoms with van der Waals surface area (Å²) in [6.07, 6.45) is 3.48. The number of esters is 1. The lowest BCUT2D eigenvalue weighted by molar-refractivity contribution is 0.0501. The molecule has 0 unspecified atom stereocenters. The number of benzene rings is 1. The average Bonchev–Trinajstić information content (AvgIpc) is 2.34. The van der Waals surface area contributed by atoms with Crippen LogP contribution in [-0.2, 0) is 10.6 Å². The zero-order valence-corrected chi connectivity index (χ0v) is 9.87. The maximum atomic E-state index is 11.5. The molecule has 0 amide bonds. The number of allylic oxidation sites excluding steroid dienone is 1. The highest BCUT2D eigenvalue weighted by Crippen LogP contribution is 2.08. The molecule has 0 spiro atoms. The number of unbranched alkanes of at least 4 members (excludes halogenated alkanes) is 1. The Morgan fingerprint density at radius 3 is 2.62 bits per heavy atom. The van der Waals surface area contributed by atoms with Crippen LogP contribution in [0.2, 0.25) is 0 Å². The molecular formula is C13H15ClO2. The normalized spacial score (nSPS) is 9.81. The van der Waals surface area contributed by atoms with Crippen molar-refractivity contribution in [2.24, 2.45) is 0 Å². The summed E-state index contributed by atoms with van der Waals surface area (Å²) in [6.45, 7) is 4.03. The quantitative estimate of drug-likeness (QED) is 0.328. The zero-order valence-electron chi connectivity index (χ0n) is 9.12. The minimum absolute atomic E-state index is 0.287. The molecule has 86 valence electrons. The highest BCUT2D eigenvalue weighted by Gasteiger charge is 2.05. The third-order valence-electron chi connectivity index (χ3n) is 2.13. The largest absolute Gasteiger partial charge is 0.462 e. The predicted molar refractivity (Wildman–Crippen MR) is 65.7 cm³/mol. The predicted octanol–water partition coefficient (Wildman–Crippen LogP) is 3.55. The third-order valence-corrected chi connectivity index (χ3v) is 2.44. The number of ether oxygens (including phenoxy) is 1. The first-order valence-electron chi connectivity index (χ1n) is 5.21. The van der Waals surface area contributed by atoms with E-state index in [1.807, 2.05) is 18.2 Å². The number of halogens is 1. The van der Waals surface area contributed by atoms with Crippen molar-refractivity contribution in [1.82, 2.24) is 0 Å². The van der Waals surface area contributed by atoms with E-state index in [-0.39, 0.29) is 5.97 Å². The van der Waals surface area contributed by atoms with Crippen LogP contribution < -0.4 is 0 Å². The number of alkyl halides is 1. The fourth-order valence-corrected chi connectivity index (χ4v) is 1.38. The van der Waals surface area contributed by atoms with E-state index in [1.54, 1.807) is 12.1 Å². The van der Waals surface area contributed by atoms with Crippen LogP contribution in [-0.4, -0.2) is 12.6 Å². The maximum absolute atomic E-state index is 11.5. The van der Waals surface area contributed by atoms with Crippen LogP contribution in [0.5, 0.6) is 0 Å². The monoisotopic (exact) mass is 238 g/mol. The summed E-state index contributed by atoms with van der Waals surface area (Å²) >= 11 is 5.65. The summed E-state index contributed by atoms with van der Waals surface area (Å²) in [7, 11) is 0. The van der Waals surface area contributed by atoms with Crippen LogP contribution in [0.15, 0.2) is 36.9 Å². The number of carbonyl (C=O) groups excluding carboxylic acids is 1. The number of carbonyl (C=O) groups is 1. The van der Waals surface area contributed by atoms with Crippen molar-refractivity contribution >= 4 is 17.6 Å². The van der Waals surface area contributed by atoms with Gasteiger partial charge in [0.05, 0.1) is 12.2 Å². The minimum Gasteiger partial charge on any atom is -0.462 e. The van der Waals surface area contributed by atoms with Crippen LogP contribution in [0.4, 0.5) is 0 Å². The second-order valence-electron chi connectivity index (χ2n) is 3.40. The van der Waals surface area contributed by atoms with Crippen LogP contribution in [0, 0.1) is 0 Å². The number of hydrogen-bond donors (Lipinski definition) is 0. The zero-order chi connectivity index (χ0) is 11.8. The second kappa shape index (κ2) is 7.07. The van der Waals surface area contributed by atoms with Gasteiger partial charge in [-0.1, -0.05) is 18.2 Å². The van der Waals surface area contributed by atoms with Crippen LogP contribution in [0.25, 0.3) is 0 Å². The number of rotatable bonds is 6. The van der Waals surface area contributed by atoms with Gasteiger partial charge in [0, 0.05) is 5.88 Å². The number of hydrogen-bond acceptors (Lipinski definition) is 2. The molecule has 0 aliphatic carbocycles. The summed E-state index contributed by atoms with van der Waals surface area (Å²) in [4.78, 5) is 11.5. The van der Waals surface area contributed by atoms with Crippen molar-refractivity contribution in [3.63, 3.8) is 0 Å². The lowest BCUT2D eigenvalue weighted by atomic mass is 10.1. The summed E-state index contributed by atoms with van der Waals surface area (Å²) in [5.41, 5.74) is 1.55. The molecule has 16 heavy (non-hydrogen) atoms. The van der Waals surface area contributed by atoms with Crippen molar-refractivity contribution in [2.45, 2.75) is 18.7 Å². The Labute approximate surface area is 101 Å². The molecule has 0 saturated carbocycles. The molecule has 0 atom stereocenters. The standard InChI is InChI=1S/C13H15ClO2/c1-2-3-4-9-16-13(15)12-7-5-11(10-14)6-8-12/h2,5-8H,1,3-4,9-10H2. The summed E-state index contributed by atoms with van der Waals surface area (Å²) in [5.74, 6) is 0.166. The molecule has 2 nitrogen and oxygen atoms in total. The molecular weight excluding hydrogens is 224 g/mol. The summed E-state index contributed by atoms with van der Waals surface area (Å²) in [6, 6.07) is 7.11. The Hall–Kier alpha value is -1.28. The minimum atomic E-state index is -0.287. The first-order chi connectivity index (χ1) is 7.77. The van der Waals surface area contributed by atoms with E-state index in [0.29, 0.717) is 18.1 Å². The van der Waals surface area contributed by atoms with Gasteiger partial charge in [-0.2, -0.15) is 0 Å². The van der Waals surface area contributed by atoms with Crippen molar-refractivity contribution < 1.29 is 9.53 Å². The van der Waals surface area contributed by atoms with E-state index in [0.717, 1.165) is 18.4 Å². The van der Waals surface area contributed by atoms with Crippen molar-refractivity contribution in [3.8, 4) is 0 Å². The molecule has 0 aliphatic rings. The smallest absolute Gasteiger partial charge is 0.338 e. The molecule has 0 radical (unpaired) electrons. The Balaban J connectivity index is 2.43. The SMILES string of the molecule is C=CCCCOC(=O)c1ccc(CCl)cc1. The topological polar surface area (TPSA) is 26.3 Å². The van der Waals surface area contributed by atoms with Gasteiger partial charge in [-0.3, -0.25) is 0 Å².